The molecule has 2 N–H and O–H groups in total. The van der Waals surface area contributed by atoms with E-state index in [1.54, 1.807) is 0 Å². The van der Waals surface area contributed by atoms with E-state index in [4.69, 9.17) is 4.74 Å². The fourth-order valence-electron chi connectivity index (χ4n) is 4.35. The fraction of sp³-hybridized carbons (Fsp3) is 0.550. The molecule has 4 rings (SSSR count). The molecule has 0 unspecified atom stereocenters. The molecule has 0 bridgehead atoms. The Morgan fingerprint density at radius 1 is 1.26 bits per heavy atom. The number of urea groups is 1. The number of carbonyl (C=O) groups is 3. The molecule has 1 spiro atoms. The molecule has 7 nitrogen and oxygen atoms in total. The highest BCUT2D eigenvalue weighted by molar-refractivity contribution is 6.07. The van der Waals surface area contributed by atoms with Crippen LogP contribution in [0.3, 0.4) is 0 Å². The van der Waals surface area contributed by atoms with Gasteiger partial charge in [0.1, 0.15) is 11.3 Å². The molecule has 2 fully saturated rings. The number of nitrogens with one attached hydrogen (secondary N) is 2. The van der Waals surface area contributed by atoms with Gasteiger partial charge in [-0.15, -0.1) is 0 Å². The molecule has 1 saturated carbocycles. The van der Waals surface area contributed by atoms with Crippen molar-refractivity contribution in [1.82, 2.24) is 15.5 Å². The summed E-state index contributed by atoms with van der Waals surface area (Å²) >= 11 is 0. The highest BCUT2D eigenvalue weighted by atomic mass is 16.5. The van der Waals surface area contributed by atoms with Gasteiger partial charge in [-0.25, -0.2) is 4.79 Å². The zero-order valence-corrected chi connectivity index (χ0v) is 15.3. The highest BCUT2D eigenvalue weighted by Gasteiger charge is 2.52. The quantitative estimate of drug-likeness (QED) is 0.778. The van der Waals surface area contributed by atoms with Gasteiger partial charge in [-0.05, 0) is 25.3 Å². The molecule has 0 aromatic heterocycles. The Hall–Kier alpha value is -2.57. The Labute approximate surface area is 158 Å². The van der Waals surface area contributed by atoms with E-state index in [9.17, 15) is 14.4 Å². The van der Waals surface area contributed by atoms with Gasteiger partial charge in [-0.2, -0.15) is 0 Å². The fourth-order valence-corrected chi connectivity index (χ4v) is 4.35. The van der Waals surface area contributed by atoms with Crippen LogP contribution in [-0.2, 0) is 9.59 Å². The number of imide groups is 1. The molecule has 1 aliphatic carbocycles. The van der Waals surface area contributed by atoms with Gasteiger partial charge in [0.05, 0.1) is 12.6 Å². The monoisotopic (exact) mass is 371 g/mol. The maximum Gasteiger partial charge on any atom is 0.325 e. The molecule has 1 aromatic rings. The van der Waals surface area contributed by atoms with Crippen LogP contribution >= 0.6 is 0 Å². The third kappa shape index (κ3) is 3.38. The third-order valence-corrected chi connectivity index (χ3v) is 5.78. The van der Waals surface area contributed by atoms with Gasteiger partial charge in [0, 0.05) is 24.9 Å². The molecule has 1 atom stereocenters. The van der Waals surface area contributed by atoms with Crippen LogP contribution in [0.15, 0.2) is 24.3 Å². The minimum atomic E-state index is -0.675. The number of carbonyl (C=O) groups excluding carboxylic acids is 3. The summed E-state index contributed by atoms with van der Waals surface area (Å²) in [6.07, 6.45) is 4.85. The maximum absolute atomic E-state index is 12.6. The first-order chi connectivity index (χ1) is 13.1. The third-order valence-electron chi connectivity index (χ3n) is 5.78. The summed E-state index contributed by atoms with van der Waals surface area (Å²) in [5, 5.41) is 5.92. The summed E-state index contributed by atoms with van der Waals surface area (Å²) in [7, 11) is 0. The summed E-state index contributed by atoms with van der Waals surface area (Å²) in [6, 6.07) is 7.35. The second-order valence-corrected chi connectivity index (χ2v) is 7.57. The van der Waals surface area contributed by atoms with Gasteiger partial charge in [0.15, 0.2) is 0 Å². The van der Waals surface area contributed by atoms with E-state index in [0.29, 0.717) is 13.0 Å². The first-order valence-corrected chi connectivity index (χ1v) is 9.74. The van der Waals surface area contributed by atoms with Crippen LogP contribution in [0.1, 0.15) is 56.6 Å². The molecule has 27 heavy (non-hydrogen) atoms. The molecular weight excluding hydrogens is 346 g/mol. The molecule has 1 aromatic carbocycles. The Bertz CT molecular complexity index is 757. The highest BCUT2D eigenvalue weighted by Crippen LogP contribution is 2.35. The van der Waals surface area contributed by atoms with Crippen molar-refractivity contribution >= 4 is 17.8 Å². The van der Waals surface area contributed by atoms with Crippen molar-refractivity contribution < 1.29 is 19.1 Å². The average molecular weight is 371 g/mol. The smallest absolute Gasteiger partial charge is 0.325 e. The summed E-state index contributed by atoms with van der Waals surface area (Å²) in [5.74, 6) is 0.623. The van der Waals surface area contributed by atoms with Crippen LogP contribution in [0.5, 0.6) is 5.75 Å². The van der Waals surface area contributed by atoms with Crippen molar-refractivity contribution in [1.29, 1.82) is 0 Å². The lowest BCUT2D eigenvalue weighted by molar-refractivity contribution is -0.131. The van der Waals surface area contributed by atoms with Gasteiger partial charge in [-0.1, -0.05) is 31.0 Å². The zero-order chi connectivity index (χ0) is 18.9. The predicted molar refractivity (Wildman–Crippen MR) is 98.1 cm³/mol. The minimum absolute atomic E-state index is 0.0547. The molecule has 2 heterocycles. The second-order valence-electron chi connectivity index (χ2n) is 7.57. The van der Waals surface area contributed by atoms with E-state index in [1.807, 2.05) is 24.3 Å². The first kappa shape index (κ1) is 17.8. The predicted octanol–water partition coefficient (Wildman–Crippen LogP) is 2.27. The number of ether oxygens (including phenoxy) is 1. The van der Waals surface area contributed by atoms with Gasteiger partial charge in [0.25, 0.3) is 5.91 Å². The number of benzene rings is 1. The summed E-state index contributed by atoms with van der Waals surface area (Å²) in [5.41, 5.74) is 0.319. The number of amides is 4. The largest absolute Gasteiger partial charge is 0.493 e. The number of hydrogen-bond acceptors (Lipinski definition) is 4. The van der Waals surface area contributed by atoms with E-state index in [1.165, 1.54) is 4.90 Å². The van der Waals surface area contributed by atoms with E-state index in [0.717, 1.165) is 43.4 Å². The Morgan fingerprint density at radius 3 is 2.85 bits per heavy atom. The van der Waals surface area contributed by atoms with Gasteiger partial charge in [0.2, 0.25) is 5.91 Å². The summed E-state index contributed by atoms with van der Waals surface area (Å²) < 4.78 is 5.61. The number of para-hydroxylation sites is 1. The molecule has 4 amide bonds. The first-order valence-electron chi connectivity index (χ1n) is 9.74. The molecule has 7 heteroatoms. The van der Waals surface area contributed by atoms with Crippen LogP contribution in [0, 0.1) is 0 Å². The standard InChI is InChI=1S/C20H25N3O4/c24-17(21-15-9-13-27-16-7-2-1-6-14(15)16)8-5-12-23-18(25)20(22-19(23)26)10-3-4-11-20/h1-2,6-7,15H,3-5,8-13H2,(H,21,24)(H,22,26)/t15-/m1/s1. The average Bonchev–Trinajstić information content (AvgIpc) is 3.22. The molecule has 1 saturated heterocycles. The Morgan fingerprint density at radius 2 is 2.04 bits per heavy atom. The van der Waals surface area contributed by atoms with Crippen LogP contribution in [-0.4, -0.2) is 41.4 Å². The SMILES string of the molecule is O=C(CCCN1C(=O)NC2(CCCC2)C1=O)N[C@@H]1CCOc2ccccc21. The summed E-state index contributed by atoms with van der Waals surface area (Å²) in [4.78, 5) is 38.4. The van der Waals surface area contributed by atoms with Crippen LogP contribution in [0.4, 0.5) is 4.79 Å². The lowest BCUT2D eigenvalue weighted by atomic mass is 9.98. The van der Waals surface area contributed by atoms with Crippen LogP contribution < -0.4 is 15.4 Å². The van der Waals surface area contributed by atoms with Gasteiger partial charge >= 0.3 is 6.03 Å². The normalized spacial score (nSPS) is 23.1. The lowest BCUT2D eigenvalue weighted by Gasteiger charge is -2.26. The van der Waals surface area contributed by atoms with Crippen molar-refractivity contribution in [2.75, 3.05) is 13.2 Å². The maximum atomic E-state index is 12.6. The van der Waals surface area contributed by atoms with E-state index in [2.05, 4.69) is 10.6 Å². The van der Waals surface area contributed by atoms with Gasteiger partial charge in [-0.3, -0.25) is 14.5 Å². The van der Waals surface area contributed by atoms with E-state index in [-0.39, 0.29) is 36.9 Å². The molecule has 0 radical (unpaired) electrons. The molecule has 3 aliphatic rings. The van der Waals surface area contributed by atoms with Crippen molar-refractivity contribution in [2.45, 2.75) is 56.5 Å². The van der Waals surface area contributed by atoms with E-state index < -0.39 is 5.54 Å². The molecular formula is C20H25N3O4. The Kier molecular flexibility index (Phi) is 4.76. The zero-order valence-electron chi connectivity index (χ0n) is 15.3. The Balaban J connectivity index is 1.28. The molecule has 2 aliphatic heterocycles. The van der Waals surface area contributed by atoms with Crippen molar-refractivity contribution in [2.24, 2.45) is 0 Å². The lowest BCUT2D eigenvalue weighted by Crippen LogP contribution is -2.44. The second kappa shape index (κ2) is 7.21. The van der Waals surface area contributed by atoms with Crippen LogP contribution in [0.25, 0.3) is 0 Å². The van der Waals surface area contributed by atoms with Crippen molar-refractivity contribution in [3.63, 3.8) is 0 Å². The number of fused-ring (bicyclic) bond motifs is 1. The number of rotatable bonds is 5. The van der Waals surface area contributed by atoms with E-state index >= 15 is 0 Å². The van der Waals surface area contributed by atoms with Gasteiger partial charge < -0.3 is 15.4 Å². The number of hydrogen-bond donors (Lipinski definition) is 2. The summed E-state index contributed by atoms with van der Waals surface area (Å²) in [6.45, 7) is 0.858. The minimum Gasteiger partial charge on any atom is -0.493 e. The number of nitrogens with zero attached hydrogens (tertiary/aromatic N) is 1. The van der Waals surface area contributed by atoms with Crippen LogP contribution in [0.2, 0.25) is 0 Å². The topological polar surface area (TPSA) is 87.7 Å². The van der Waals surface area contributed by atoms with Crippen molar-refractivity contribution in [3.05, 3.63) is 29.8 Å². The molecule has 144 valence electrons. The van der Waals surface area contributed by atoms with Crippen molar-refractivity contribution in [3.8, 4) is 5.75 Å².